The molecular weight excluding hydrogens is 426 g/mol. The molecule has 0 saturated carbocycles. The molecule has 0 N–H and O–H groups in total. The second kappa shape index (κ2) is 6.75. The lowest BCUT2D eigenvalue weighted by molar-refractivity contribution is 0.554. The molecule has 0 radical (unpaired) electrons. The third-order valence-electron chi connectivity index (χ3n) is 7.99. The predicted molar refractivity (Wildman–Crippen MR) is 149 cm³/mol. The number of rotatable bonds is 0. The Morgan fingerprint density at radius 1 is 0.714 bits per heavy atom. The SMILES string of the molecule is Cc1ccc2cc3c(cc2c1)C(C)(C)c1ccc(C(C)(C)C)c2oc4c(C(C)(C)C)cnc-3c4c12. The van der Waals surface area contributed by atoms with E-state index >= 15 is 0 Å². The van der Waals surface area contributed by atoms with E-state index in [0.717, 1.165) is 22.4 Å². The number of nitrogens with zero attached hydrogens (tertiary/aromatic N) is 1. The first kappa shape index (κ1) is 22.3. The van der Waals surface area contributed by atoms with Crippen LogP contribution in [-0.4, -0.2) is 4.98 Å². The van der Waals surface area contributed by atoms with Gasteiger partial charge in [-0.15, -0.1) is 0 Å². The van der Waals surface area contributed by atoms with Gasteiger partial charge in [0.15, 0.2) is 0 Å². The summed E-state index contributed by atoms with van der Waals surface area (Å²) in [6.07, 6.45) is 2.05. The number of fused-ring (bicyclic) bond motifs is 3. The van der Waals surface area contributed by atoms with E-state index in [2.05, 4.69) is 111 Å². The van der Waals surface area contributed by atoms with Gasteiger partial charge in [-0.1, -0.05) is 91.3 Å². The van der Waals surface area contributed by atoms with Crippen molar-refractivity contribution in [1.29, 1.82) is 0 Å². The Balaban J connectivity index is 1.88. The topological polar surface area (TPSA) is 26.0 Å². The van der Waals surface area contributed by atoms with Crippen LogP contribution in [0.5, 0.6) is 0 Å². The highest BCUT2D eigenvalue weighted by atomic mass is 16.3. The van der Waals surface area contributed by atoms with Crippen LogP contribution in [0.2, 0.25) is 0 Å². The molecule has 2 heteroatoms. The molecule has 2 heterocycles. The normalized spacial score (nSPS) is 15.2. The van der Waals surface area contributed by atoms with Crippen molar-refractivity contribution in [1.82, 2.24) is 4.98 Å². The number of hydrogen-bond acceptors (Lipinski definition) is 2. The fraction of sp³-hybridized carbons (Fsp3) is 0.364. The summed E-state index contributed by atoms with van der Waals surface area (Å²) in [7, 11) is 0. The van der Waals surface area contributed by atoms with Gasteiger partial charge < -0.3 is 4.42 Å². The van der Waals surface area contributed by atoms with Crippen molar-refractivity contribution in [3.05, 3.63) is 76.5 Å². The first-order chi connectivity index (χ1) is 16.3. The highest BCUT2D eigenvalue weighted by molar-refractivity contribution is 6.17. The number of furan rings is 1. The van der Waals surface area contributed by atoms with Gasteiger partial charge in [0.2, 0.25) is 0 Å². The summed E-state index contributed by atoms with van der Waals surface area (Å²) in [5, 5.41) is 4.95. The van der Waals surface area contributed by atoms with Crippen LogP contribution in [0.25, 0.3) is 44.0 Å². The van der Waals surface area contributed by atoms with Gasteiger partial charge in [0.05, 0.1) is 11.1 Å². The van der Waals surface area contributed by atoms with Crippen LogP contribution >= 0.6 is 0 Å². The molecule has 0 spiro atoms. The zero-order valence-corrected chi connectivity index (χ0v) is 22.5. The molecule has 0 saturated heterocycles. The zero-order valence-electron chi connectivity index (χ0n) is 22.5. The van der Waals surface area contributed by atoms with Crippen LogP contribution < -0.4 is 0 Å². The maximum absolute atomic E-state index is 6.90. The van der Waals surface area contributed by atoms with Crippen LogP contribution in [0.15, 0.2) is 53.1 Å². The highest BCUT2D eigenvalue weighted by Crippen LogP contribution is 2.52. The van der Waals surface area contributed by atoms with Gasteiger partial charge in [0, 0.05) is 33.7 Å². The molecule has 35 heavy (non-hydrogen) atoms. The Morgan fingerprint density at radius 2 is 1.40 bits per heavy atom. The summed E-state index contributed by atoms with van der Waals surface area (Å²) in [5.41, 5.74) is 10.3. The molecule has 0 atom stereocenters. The molecule has 2 nitrogen and oxygen atoms in total. The second-order valence-corrected chi connectivity index (χ2v) is 13.1. The average Bonchev–Trinajstić information content (AvgIpc) is 3.12. The second-order valence-electron chi connectivity index (χ2n) is 13.1. The zero-order chi connectivity index (χ0) is 25.1. The molecule has 0 unspecified atom stereocenters. The molecule has 1 aliphatic carbocycles. The van der Waals surface area contributed by atoms with Crippen molar-refractivity contribution >= 4 is 32.7 Å². The number of hydrogen-bond donors (Lipinski definition) is 0. The van der Waals surface area contributed by atoms with Crippen molar-refractivity contribution in [2.45, 2.75) is 78.6 Å². The summed E-state index contributed by atoms with van der Waals surface area (Å²) < 4.78 is 6.90. The van der Waals surface area contributed by atoms with Crippen LogP contribution in [0.3, 0.4) is 0 Å². The van der Waals surface area contributed by atoms with E-state index in [9.17, 15) is 0 Å². The Hall–Kier alpha value is -3.13. The minimum Gasteiger partial charge on any atom is -0.455 e. The van der Waals surface area contributed by atoms with Crippen LogP contribution in [0.4, 0.5) is 0 Å². The monoisotopic (exact) mass is 461 g/mol. The van der Waals surface area contributed by atoms with Crippen molar-refractivity contribution in [3.8, 4) is 11.3 Å². The molecule has 0 amide bonds. The minimum atomic E-state index is -0.207. The molecule has 178 valence electrons. The molecule has 6 rings (SSSR count). The van der Waals surface area contributed by atoms with Crippen LogP contribution in [0, 0.1) is 6.92 Å². The van der Waals surface area contributed by atoms with E-state index in [1.807, 2.05) is 0 Å². The van der Waals surface area contributed by atoms with Crippen molar-refractivity contribution in [2.75, 3.05) is 0 Å². The van der Waals surface area contributed by atoms with Crippen LogP contribution in [-0.2, 0) is 16.2 Å². The smallest absolute Gasteiger partial charge is 0.142 e. The van der Waals surface area contributed by atoms with Gasteiger partial charge >= 0.3 is 0 Å². The maximum atomic E-state index is 6.90. The summed E-state index contributed by atoms with van der Waals surface area (Å²) in [6.45, 7) is 20.4. The standard InChI is InChI=1S/C33H35NO/c1-18-10-11-19-15-21-24(16-20(19)14-18)33(8,9)22-12-13-23(31(2,3)4)29-26(22)27-28(21)34-17-25(30(27)35-29)32(5,6)7/h10-17H,1-9H3. The maximum Gasteiger partial charge on any atom is 0.142 e. The van der Waals surface area contributed by atoms with E-state index in [1.54, 1.807) is 0 Å². The quantitative estimate of drug-likeness (QED) is 0.229. The summed E-state index contributed by atoms with van der Waals surface area (Å²) >= 11 is 0. The Bertz CT molecular complexity index is 1680. The molecule has 1 aliphatic rings. The largest absolute Gasteiger partial charge is 0.455 e. The molecular formula is C33H35NO. The highest BCUT2D eigenvalue weighted by Gasteiger charge is 2.37. The third-order valence-corrected chi connectivity index (χ3v) is 7.99. The third kappa shape index (κ3) is 3.05. The van der Waals surface area contributed by atoms with E-state index < -0.39 is 0 Å². The number of benzene rings is 3. The minimum absolute atomic E-state index is 0.0304. The molecule has 0 bridgehead atoms. The van der Waals surface area contributed by atoms with Crippen molar-refractivity contribution < 1.29 is 4.42 Å². The van der Waals surface area contributed by atoms with Gasteiger partial charge in [-0.25, -0.2) is 0 Å². The Kier molecular flexibility index (Phi) is 4.31. The lowest BCUT2D eigenvalue weighted by Crippen LogP contribution is -2.20. The van der Waals surface area contributed by atoms with E-state index in [-0.39, 0.29) is 16.2 Å². The fourth-order valence-electron chi connectivity index (χ4n) is 6.00. The molecule has 0 fully saturated rings. The summed E-state index contributed by atoms with van der Waals surface area (Å²) in [4.78, 5) is 5.18. The number of aryl methyl sites for hydroxylation is 1. The lowest BCUT2D eigenvalue weighted by atomic mass is 9.74. The first-order valence-electron chi connectivity index (χ1n) is 12.7. The van der Waals surface area contributed by atoms with Crippen molar-refractivity contribution in [2.24, 2.45) is 0 Å². The molecule has 2 aromatic heterocycles. The van der Waals surface area contributed by atoms with Gasteiger partial charge in [-0.2, -0.15) is 0 Å². The van der Waals surface area contributed by atoms with Crippen molar-refractivity contribution in [3.63, 3.8) is 0 Å². The molecule has 0 aliphatic heterocycles. The van der Waals surface area contributed by atoms with Gasteiger partial charge in [0.25, 0.3) is 0 Å². The Labute approximate surface area is 208 Å². The summed E-state index contributed by atoms with van der Waals surface area (Å²) in [6, 6.07) is 16.1. The van der Waals surface area contributed by atoms with E-state index in [0.29, 0.717) is 0 Å². The number of aromatic nitrogens is 1. The van der Waals surface area contributed by atoms with Gasteiger partial charge in [0.1, 0.15) is 11.2 Å². The van der Waals surface area contributed by atoms with Crippen LogP contribution in [0.1, 0.15) is 83.2 Å². The molecule has 3 aromatic carbocycles. The molecule has 5 aromatic rings. The first-order valence-corrected chi connectivity index (χ1v) is 12.7. The average molecular weight is 462 g/mol. The van der Waals surface area contributed by atoms with Gasteiger partial charge in [-0.3, -0.25) is 4.98 Å². The lowest BCUT2D eigenvalue weighted by Gasteiger charge is -2.29. The Morgan fingerprint density at radius 3 is 2.09 bits per heavy atom. The van der Waals surface area contributed by atoms with E-state index in [4.69, 9.17) is 9.40 Å². The number of pyridine rings is 1. The van der Waals surface area contributed by atoms with Gasteiger partial charge in [-0.05, 0) is 51.8 Å². The van der Waals surface area contributed by atoms with E-state index in [1.165, 1.54) is 49.4 Å². The summed E-state index contributed by atoms with van der Waals surface area (Å²) in [5.74, 6) is 0. The fourth-order valence-corrected chi connectivity index (χ4v) is 6.00. The predicted octanol–water partition coefficient (Wildman–Crippen LogP) is 9.34.